The highest BCUT2D eigenvalue weighted by atomic mass is 16.2. The molecule has 2 aliphatic rings. The van der Waals surface area contributed by atoms with E-state index in [0.717, 1.165) is 25.7 Å². The number of nitrogens with one attached hydrogen (secondary N) is 1. The number of amides is 2. The normalized spacial score (nSPS) is 22.8. The van der Waals surface area contributed by atoms with Gasteiger partial charge in [-0.3, -0.25) is 9.59 Å². The van der Waals surface area contributed by atoms with Crippen molar-refractivity contribution >= 4 is 11.8 Å². The van der Waals surface area contributed by atoms with Gasteiger partial charge in [-0.25, -0.2) is 0 Å². The number of nitriles is 1. The van der Waals surface area contributed by atoms with Gasteiger partial charge in [-0.15, -0.1) is 0 Å². The smallest absolute Gasteiger partial charge is 0.224 e. The third-order valence-electron chi connectivity index (χ3n) is 4.55. The third kappa shape index (κ3) is 3.96. The van der Waals surface area contributed by atoms with Crippen LogP contribution in [-0.2, 0) is 9.59 Å². The molecule has 116 valence electrons. The van der Waals surface area contributed by atoms with E-state index in [0.29, 0.717) is 19.5 Å². The van der Waals surface area contributed by atoms with Crippen molar-refractivity contribution in [3.05, 3.63) is 0 Å². The lowest BCUT2D eigenvalue weighted by molar-refractivity contribution is -0.140. The molecule has 0 radical (unpaired) electrons. The molecule has 1 aliphatic carbocycles. The van der Waals surface area contributed by atoms with Crippen LogP contribution in [0.5, 0.6) is 0 Å². The maximum atomic E-state index is 12.1. The van der Waals surface area contributed by atoms with Crippen LogP contribution in [0, 0.1) is 22.7 Å². The van der Waals surface area contributed by atoms with Crippen molar-refractivity contribution in [2.75, 3.05) is 13.1 Å². The molecule has 1 N–H and O–H groups in total. The van der Waals surface area contributed by atoms with Gasteiger partial charge in [0.15, 0.2) is 0 Å². The summed E-state index contributed by atoms with van der Waals surface area (Å²) < 4.78 is 0. The van der Waals surface area contributed by atoms with Crippen LogP contribution in [0.4, 0.5) is 0 Å². The van der Waals surface area contributed by atoms with E-state index in [2.05, 4.69) is 11.4 Å². The number of nitrogens with zero attached hydrogens (tertiary/aromatic N) is 2. The Morgan fingerprint density at radius 2 is 1.95 bits per heavy atom. The van der Waals surface area contributed by atoms with E-state index >= 15 is 0 Å². The molecule has 0 bridgehead atoms. The number of hydrogen-bond donors (Lipinski definition) is 1. The average Bonchev–Trinajstić information content (AvgIpc) is 2.44. The van der Waals surface area contributed by atoms with E-state index in [1.807, 2.05) is 13.8 Å². The van der Waals surface area contributed by atoms with Crippen LogP contribution >= 0.6 is 0 Å². The van der Waals surface area contributed by atoms with Gasteiger partial charge in [-0.1, -0.05) is 19.3 Å². The van der Waals surface area contributed by atoms with Crippen molar-refractivity contribution in [2.45, 2.75) is 58.4 Å². The Balaban J connectivity index is 1.72. The minimum Gasteiger partial charge on any atom is -0.353 e. The van der Waals surface area contributed by atoms with Crippen molar-refractivity contribution in [3.63, 3.8) is 0 Å². The quantitative estimate of drug-likeness (QED) is 0.859. The predicted octanol–water partition coefficient (Wildman–Crippen LogP) is 1.83. The molecular formula is C16H25N3O2. The van der Waals surface area contributed by atoms with Crippen LogP contribution < -0.4 is 5.32 Å². The number of likely N-dealkylation sites (tertiary alicyclic amines) is 1. The van der Waals surface area contributed by atoms with Gasteiger partial charge in [-0.2, -0.15) is 5.26 Å². The number of rotatable bonds is 4. The predicted molar refractivity (Wildman–Crippen MR) is 79.1 cm³/mol. The molecule has 0 spiro atoms. The zero-order valence-electron chi connectivity index (χ0n) is 13.0. The zero-order valence-corrected chi connectivity index (χ0v) is 13.0. The summed E-state index contributed by atoms with van der Waals surface area (Å²) in [6.07, 6.45) is 5.75. The zero-order chi connectivity index (χ0) is 15.5. The van der Waals surface area contributed by atoms with Gasteiger partial charge in [0.2, 0.25) is 11.8 Å². The summed E-state index contributed by atoms with van der Waals surface area (Å²) in [5, 5.41) is 11.9. The Kier molecular flexibility index (Phi) is 4.87. The first-order chi connectivity index (χ1) is 9.93. The summed E-state index contributed by atoms with van der Waals surface area (Å²) in [6, 6.07) is 2.09. The van der Waals surface area contributed by atoms with Gasteiger partial charge in [-0.05, 0) is 26.7 Å². The van der Waals surface area contributed by atoms with Crippen molar-refractivity contribution < 1.29 is 9.59 Å². The summed E-state index contributed by atoms with van der Waals surface area (Å²) in [6.45, 7) is 4.75. The maximum absolute atomic E-state index is 12.1. The van der Waals surface area contributed by atoms with Crippen LogP contribution in [0.15, 0.2) is 0 Å². The van der Waals surface area contributed by atoms with Crippen LogP contribution in [-0.4, -0.2) is 35.8 Å². The van der Waals surface area contributed by atoms with Gasteiger partial charge < -0.3 is 10.2 Å². The van der Waals surface area contributed by atoms with Gasteiger partial charge in [0.1, 0.15) is 0 Å². The molecule has 1 atom stereocenters. The minimum atomic E-state index is -0.385. The molecule has 1 saturated carbocycles. The molecule has 0 aromatic heterocycles. The summed E-state index contributed by atoms with van der Waals surface area (Å²) in [4.78, 5) is 25.9. The lowest BCUT2D eigenvalue weighted by Crippen LogP contribution is -2.57. The Morgan fingerprint density at radius 3 is 2.52 bits per heavy atom. The average molecular weight is 291 g/mol. The summed E-state index contributed by atoms with van der Waals surface area (Å²) >= 11 is 0. The SMILES string of the molecule is CC(CC(=O)N1CC(C)(C#N)C1)NC(=O)C1CCCCC1. The highest BCUT2D eigenvalue weighted by Crippen LogP contribution is 2.29. The van der Waals surface area contributed by atoms with Crippen LogP contribution in [0.25, 0.3) is 0 Å². The number of carbonyl (C=O) groups excluding carboxylic acids is 2. The summed E-state index contributed by atoms with van der Waals surface area (Å²) in [5.74, 6) is 0.252. The standard InChI is InChI=1S/C16H25N3O2/c1-12(18-15(21)13-6-4-3-5-7-13)8-14(20)19-10-16(2,9-17)11-19/h12-13H,3-8,10-11H2,1-2H3,(H,18,21). The van der Waals surface area contributed by atoms with E-state index in [9.17, 15) is 9.59 Å². The fraction of sp³-hybridized carbons (Fsp3) is 0.812. The first-order valence-corrected chi connectivity index (χ1v) is 7.93. The fourth-order valence-electron chi connectivity index (χ4n) is 3.21. The largest absolute Gasteiger partial charge is 0.353 e. The second kappa shape index (κ2) is 6.46. The lowest BCUT2D eigenvalue weighted by Gasteiger charge is -2.43. The summed E-state index contributed by atoms with van der Waals surface area (Å²) in [7, 11) is 0. The molecule has 0 aromatic carbocycles. The Labute approximate surface area is 126 Å². The summed E-state index contributed by atoms with van der Waals surface area (Å²) in [5.41, 5.74) is -0.385. The molecule has 0 aromatic rings. The van der Waals surface area contributed by atoms with Gasteiger partial charge >= 0.3 is 0 Å². The highest BCUT2D eigenvalue weighted by Gasteiger charge is 2.41. The molecule has 21 heavy (non-hydrogen) atoms. The van der Waals surface area contributed by atoms with Crippen LogP contribution in [0.3, 0.4) is 0 Å². The van der Waals surface area contributed by atoms with E-state index in [-0.39, 0.29) is 29.2 Å². The maximum Gasteiger partial charge on any atom is 0.224 e. The van der Waals surface area contributed by atoms with Crippen LogP contribution in [0.2, 0.25) is 0 Å². The monoisotopic (exact) mass is 291 g/mol. The van der Waals surface area contributed by atoms with E-state index in [4.69, 9.17) is 5.26 Å². The lowest BCUT2D eigenvalue weighted by atomic mass is 9.83. The highest BCUT2D eigenvalue weighted by molar-refractivity contribution is 5.81. The molecular weight excluding hydrogens is 266 g/mol. The third-order valence-corrected chi connectivity index (χ3v) is 4.55. The topological polar surface area (TPSA) is 73.2 Å². The Morgan fingerprint density at radius 1 is 1.33 bits per heavy atom. The van der Waals surface area contributed by atoms with Crippen molar-refractivity contribution in [3.8, 4) is 6.07 Å². The molecule has 5 nitrogen and oxygen atoms in total. The fourth-order valence-corrected chi connectivity index (χ4v) is 3.21. The molecule has 5 heteroatoms. The van der Waals surface area contributed by atoms with Crippen molar-refractivity contribution in [1.29, 1.82) is 5.26 Å². The molecule has 2 fully saturated rings. The van der Waals surface area contributed by atoms with E-state index in [1.54, 1.807) is 4.90 Å². The Hall–Kier alpha value is -1.57. The number of hydrogen-bond acceptors (Lipinski definition) is 3. The second-order valence-corrected chi connectivity index (χ2v) is 6.87. The Bertz CT molecular complexity index is 443. The molecule has 1 heterocycles. The van der Waals surface area contributed by atoms with E-state index < -0.39 is 0 Å². The number of carbonyl (C=O) groups is 2. The van der Waals surface area contributed by atoms with Gasteiger partial charge in [0.25, 0.3) is 0 Å². The van der Waals surface area contributed by atoms with Gasteiger partial charge in [0.05, 0.1) is 11.5 Å². The molecule has 2 amide bonds. The molecule has 1 saturated heterocycles. The first-order valence-electron chi connectivity index (χ1n) is 7.93. The van der Waals surface area contributed by atoms with Crippen molar-refractivity contribution in [1.82, 2.24) is 10.2 Å². The first kappa shape index (κ1) is 15.8. The van der Waals surface area contributed by atoms with E-state index in [1.165, 1.54) is 6.42 Å². The van der Waals surface area contributed by atoms with Gasteiger partial charge in [0, 0.05) is 31.5 Å². The molecule has 1 aliphatic heterocycles. The second-order valence-electron chi connectivity index (χ2n) is 6.87. The molecule has 1 unspecified atom stereocenters. The van der Waals surface area contributed by atoms with Crippen molar-refractivity contribution in [2.24, 2.45) is 11.3 Å². The van der Waals surface area contributed by atoms with Crippen LogP contribution in [0.1, 0.15) is 52.4 Å². The molecule has 2 rings (SSSR count). The minimum absolute atomic E-state index is 0.0270.